The van der Waals surface area contributed by atoms with E-state index in [0.717, 1.165) is 12.8 Å². The van der Waals surface area contributed by atoms with Gasteiger partial charge in [-0.1, -0.05) is 19.8 Å². The number of nitrogens with one attached hydrogen (secondary N) is 1. The molecule has 0 atom stereocenters. The van der Waals surface area contributed by atoms with Crippen molar-refractivity contribution in [1.29, 1.82) is 0 Å². The molecule has 0 radical (unpaired) electrons. The van der Waals surface area contributed by atoms with Crippen LogP contribution in [-0.2, 0) is 10.0 Å². The van der Waals surface area contributed by atoms with Crippen LogP contribution in [0.2, 0.25) is 0 Å². The van der Waals surface area contributed by atoms with Gasteiger partial charge in [-0.05, 0) is 18.3 Å². The van der Waals surface area contributed by atoms with Crippen molar-refractivity contribution in [3.63, 3.8) is 0 Å². The van der Waals surface area contributed by atoms with Crippen LogP contribution in [0.3, 0.4) is 0 Å². The number of hydrogen-bond acceptors (Lipinski definition) is 2. The highest BCUT2D eigenvalue weighted by Gasteiger charge is 2.28. The first-order chi connectivity index (χ1) is 5.41. The summed E-state index contributed by atoms with van der Waals surface area (Å²) in [5.41, 5.74) is 0.211. The Morgan fingerprint density at radius 1 is 1.33 bits per heavy atom. The van der Waals surface area contributed by atoms with Crippen molar-refractivity contribution in [2.24, 2.45) is 5.41 Å². The smallest absolute Gasteiger partial charge is 0.208 e. The van der Waals surface area contributed by atoms with Crippen molar-refractivity contribution in [1.82, 2.24) is 4.72 Å². The van der Waals surface area contributed by atoms with Crippen molar-refractivity contribution in [3.05, 3.63) is 0 Å². The Labute approximate surface area is 74.6 Å². The molecule has 0 aromatic carbocycles. The van der Waals surface area contributed by atoms with Gasteiger partial charge < -0.3 is 0 Å². The van der Waals surface area contributed by atoms with E-state index in [1.54, 1.807) is 0 Å². The summed E-state index contributed by atoms with van der Waals surface area (Å²) in [5, 5.41) is 0. The fourth-order valence-corrected chi connectivity index (χ4v) is 2.32. The van der Waals surface area contributed by atoms with E-state index in [2.05, 4.69) is 11.6 Å². The summed E-state index contributed by atoms with van der Waals surface area (Å²) in [7, 11) is -3.00. The van der Waals surface area contributed by atoms with E-state index in [4.69, 9.17) is 0 Å². The molecule has 0 aliphatic heterocycles. The van der Waals surface area contributed by atoms with E-state index in [9.17, 15) is 8.42 Å². The van der Waals surface area contributed by atoms with Crippen LogP contribution in [0, 0.1) is 5.41 Å². The number of sulfonamides is 1. The molecule has 0 heterocycles. The molecule has 4 heteroatoms. The van der Waals surface area contributed by atoms with Crippen LogP contribution in [0.5, 0.6) is 0 Å². The molecule has 0 amide bonds. The average molecular weight is 191 g/mol. The molecule has 1 aliphatic carbocycles. The van der Waals surface area contributed by atoms with Gasteiger partial charge in [0.2, 0.25) is 10.0 Å². The first-order valence-electron chi connectivity index (χ1n) is 4.36. The molecule has 0 bridgehead atoms. The van der Waals surface area contributed by atoms with E-state index < -0.39 is 10.0 Å². The fourth-order valence-electron chi connectivity index (χ4n) is 1.71. The Morgan fingerprint density at radius 3 is 2.25 bits per heavy atom. The predicted octanol–water partition coefficient (Wildman–Crippen LogP) is 1.12. The van der Waals surface area contributed by atoms with E-state index in [1.165, 1.54) is 19.1 Å². The maximum atomic E-state index is 10.8. The van der Waals surface area contributed by atoms with Crippen molar-refractivity contribution < 1.29 is 8.42 Å². The lowest BCUT2D eigenvalue weighted by Crippen LogP contribution is -2.33. The van der Waals surface area contributed by atoms with Gasteiger partial charge >= 0.3 is 0 Å². The Bertz CT molecular complexity index is 240. The molecule has 0 aromatic rings. The lowest BCUT2D eigenvalue weighted by molar-refractivity contribution is 0.336. The van der Waals surface area contributed by atoms with Gasteiger partial charge in [0, 0.05) is 6.54 Å². The summed E-state index contributed by atoms with van der Waals surface area (Å²) in [4.78, 5) is 0. The van der Waals surface area contributed by atoms with E-state index in [0.29, 0.717) is 6.54 Å². The van der Waals surface area contributed by atoms with E-state index >= 15 is 0 Å². The second-order valence-corrected chi connectivity index (χ2v) is 5.94. The summed E-state index contributed by atoms with van der Waals surface area (Å²) in [6.45, 7) is 2.75. The van der Waals surface area contributed by atoms with Gasteiger partial charge in [-0.25, -0.2) is 13.1 Å². The highest BCUT2D eigenvalue weighted by atomic mass is 32.2. The number of rotatable bonds is 3. The zero-order valence-corrected chi connectivity index (χ0v) is 8.58. The summed E-state index contributed by atoms with van der Waals surface area (Å²) in [5.74, 6) is 0. The molecule has 12 heavy (non-hydrogen) atoms. The van der Waals surface area contributed by atoms with Gasteiger partial charge in [-0.3, -0.25) is 0 Å². The SMILES string of the molecule is CC1(CNS(C)(=O)=O)CCCC1. The molecular weight excluding hydrogens is 174 g/mol. The fraction of sp³-hybridized carbons (Fsp3) is 1.00. The molecule has 0 unspecified atom stereocenters. The Balaban J connectivity index is 2.41. The minimum atomic E-state index is -3.00. The van der Waals surface area contributed by atoms with Crippen LogP contribution in [0.1, 0.15) is 32.6 Å². The van der Waals surface area contributed by atoms with Gasteiger partial charge in [0.25, 0.3) is 0 Å². The molecule has 1 saturated carbocycles. The molecule has 3 nitrogen and oxygen atoms in total. The van der Waals surface area contributed by atoms with Crippen LogP contribution in [0.4, 0.5) is 0 Å². The van der Waals surface area contributed by atoms with Crippen LogP contribution < -0.4 is 4.72 Å². The Kier molecular flexibility index (Phi) is 2.78. The quantitative estimate of drug-likeness (QED) is 0.726. The maximum absolute atomic E-state index is 10.8. The van der Waals surface area contributed by atoms with Gasteiger partial charge in [-0.15, -0.1) is 0 Å². The van der Waals surface area contributed by atoms with Crippen LogP contribution in [0.15, 0.2) is 0 Å². The van der Waals surface area contributed by atoms with E-state index in [1.807, 2.05) is 0 Å². The van der Waals surface area contributed by atoms with Crippen LogP contribution in [0.25, 0.3) is 0 Å². The molecule has 0 aromatic heterocycles. The summed E-state index contributed by atoms with van der Waals surface area (Å²) in [6.07, 6.45) is 5.99. The second-order valence-electron chi connectivity index (χ2n) is 4.11. The first kappa shape index (κ1) is 9.99. The maximum Gasteiger partial charge on any atom is 0.208 e. The Hall–Kier alpha value is -0.0900. The third-order valence-corrected chi connectivity index (χ3v) is 3.24. The van der Waals surface area contributed by atoms with Gasteiger partial charge in [0.1, 0.15) is 0 Å². The predicted molar refractivity (Wildman–Crippen MR) is 49.4 cm³/mol. The summed E-state index contributed by atoms with van der Waals surface area (Å²) < 4.78 is 24.2. The normalized spacial score (nSPS) is 22.8. The van der Waals surface area contributed by atoms with Crippen molar-refractivity contribution >= 4 is 10.0 Å². The molecule has 1 fully saturated rings. The van der Waals surface area contributed by atoms with Gasteiger partial charge in [0.05, 0.1) is 6.26 Å². The lowest BCUT2D eigenvalue weighted by Gasteiger charge is -2.22. The molecule has 1 N–H and O–H groups in total. The van der Waals surface area contributed by atoms with Crippen molar-refractivity contribution in [3.8, 4) is 0 Å². The van der Waals surface area contributed by atoms with Gasteiger partial charge in [0.15, 0.2) is 0 Å². The third kappa shape index (κ3) is 3.11. The van der Waals surface area contributed by atoms with Crippen LogP contribution >= 0.6 is 0 Å². The minimum absolute atomic E-state index is 0.211. The largest absolute Gasteiger partial charge is 0.215 e. The highest BCUT2D eigenvalue weighted by molar-refractivity contribution is 7.88. The molecule has 72 valence electrons. The zero-order chi connectivity index (χ0) is 9.24. The van der Waals surface area contributed by atoms with Gasteiger partial charge in [-0.2, -0.15) is 0 Å². The third-order valence-electron chi connectivity index (χ3n) is 2.57. The number of hydrogen-bond donors (Lipinski definition) is 1. The summed E-state index contributed by atoms with van der Waals surface area (Å²) in [6, 6.07) is 0. The monoisotopic (exact) mass is 191 g/mol. The topological polar surface area (TPSA) is 46.2 Å². The minimum Gasteiger partial charge on any atom is -0.215 e. The van der Waals surface area contributed by atoms with Crippen molar-refractivity contribution in [2.45, 2.75) is 32.6 Å². The lowest BCUT2D eigenvalue weighted by atomic mass is 9.89. The second kappa shape index (κ2) is 3.34. The zero-order valence-electron chi connectivity index (χ0n) is 7.76. The van der Waals surface area contributed by atoms with E-state index in [-0.39, 0.29) is 5.41 Å². The standard InChI is InChI=1S/C8H17NO2S/c1-8(5-3-4-6-8)7-9-12(2,10)11/h9H,3-7H2,1-2H3. The highest BCUT2D eigenvalue weighted by Crippen LogP contribution is 2.36. The van der Waals surface area contributed by atoms with Crippen molar-refractivity contribution in [2.75, 3.05) is 12.8 Å². The van der Waals surface area contributed by atoms with Crippen LogP contribution in [-0.4, -0.2) is 21.2 Å². The molecular formula is C8H17NO2S. The first-order valence-corrected chi connectivity index (χ1v) is 6.25. The average Bonchev–Trinajstić information content (AvgIpc) is 2.32. The molecule has 0 saturated heterocycles. The molecule has 1 aliphatic rings. The summed E-state index contributed by atoms with van der Waals surface area (Å²) >= 11 is 0. The molecule has 0 spiro atoms. The Morgan fingerprint density at radius 2 is 1.83 bits per heavy atom. The molecule has 1 rings (SSSR count).